The highest BCUT2D eigenvalue weighted by Crippen LogP contribution is 2.24. The number of rotatable bonds is 4. The molecule has 0 bridgehead atoms. The van der Waals surface area contributed by atoms with Crippen molar-refractivity contribution in [1.82, 2.24) is 29.9 Å². The lowest BCUT2D eigenvalue weighted by molar-refractivity contribution is -0.131. The van der Waals surface area contributed by atoms with Crippen LogP contribution in [0.4, 0.5) is 5.82 Å². The standard InChI is InChI=1S/C18H21N7O2/c1-3-15(26)23-8-10-24(11-9-23)17-16-18(20-12-19-17)25(22-21-16)13-4-6-14(27-2)7-5-13/h4-7,12H,3,8-11H2,1-2H3. The fourth-order valence-electron chi connectivity index (χ4n) is 3.26. The van der Waals surface area contributed by atoms with Crippen LogP contribution in [0.1, 0.15) is 13.3 Å². The third-order valence-electron chi connectivity index (χ3n) is 4.77. The molecule has 1 amide bonds. The predicted octanol–water partition coefficient (Wildman–Crippen LogP) is 1.28. The Morgan fingerprint density at radius 2 is 1.85 bits per heavy atom. The van der Waals surface area contributed by atoms with Gasteiger partial charge in [0.05, 0.1) is 12.8 Å². The summed E-state index contributed by atoms with van der Waals surface area (Å²) in [5, 5.41) is 8.58. The van der Waals surface area contributed by atoms with Crippen molar-refractivity contribution in [1.29, 1.82) is 0 Å². The van der Waals surface area contributed by atoms with E-state index in [0.29, 0.717) is 43.8 Å². The van der Waals surface area contributed by atoms with Gasteiger partial charge in [-0.3, -0.25) is 4.79 Å². The molecule has 1 aliphatic heterocycles. The van der Waals surface area contributed by atoms with Crippen molar-refractivity contribution in [3.8, 4) is 11.4 Å². The van der Waals surface area contributed by atoms with Crippen LogP contribution >= 0.6 is 0 Å². The van der Waals surface area contributed by atoms with Crippen LogP contribution in [-0.4, -0.2) is 69.1 Å². The Morgan fingerprint density at radius 1 is 1.11 bits per heavy atom. The molecule has 1 fully saturated rings. The Kier molecular flexibility index (Phi) is 4.57. The molecule has 3 aromatic rings. The molecule has 1 aliphatic rings. The summed E-state index contributed by atoms with van der Waals surface area (Å²) < 4.78 is 6.89. The lowest BCUT2D eigenvalue weighted by Crippen LogP contribution is -2.49. The van der Waals surface area contributed by atoms with Crippen LogP contribution in [0.3, 0.4) is 0 Å². The molecule has 0 N–H and O–H groups in total. The SMILES string of the molecule is CCC(=O)N1CCN(c2ncnc3c2nnn3-c2ccc(OC)cc2)CC1. The minimum atomic E-state index is 0.188. The number of carbonyl (C=O) groups excluding carboxylic acids is 1. The van der Waals surface area contributed by atoms with Gasteiger partial charge in [-0.2, -0.15) is 4.68 Å². The normalized spacial score (nSPS) is 14.6. The van der Waals surface area contributed by atoms with Gasteiger partial charge in [0.15, 0.2) is 17.0 Å². The summed E-state index contributed by atoms with van der Waals surface area (Å²) in [7, 11) is 1.63. The molecule has 9 heteroatoms. The van der Waals surface area contributed by atoms with E-state index in [9.17, 15) is 4.79 Å². The molecule has 4 rings (SSSR count). The van der Waals surface area contributed by atoms with Crippen molar-refractivity contribution >= 4 is 22.9 Å². The highest BCUT2D eigenvalue weighted by Gasteiger charge is 2.24. The molecule has 0 spiro atoms. The summed E-state index contributed by atoms with van der Waals surface area (Å²) in [5.74, 6) is 1.72. The molecule has 2 aromatic heterocycles. The largest absolute Gasteiger partial charge is 0.497 e. The maximum Gasteiger partial charge on any atom is 0.222 e. The Bertz CT molecular complexity index is 946. The average Bonchev–Trinajstić information content (AvgIpc) is 3.17. The van der Waals surface area contributed by atoms with E-state index in [4.69, 9.17) is 4.74 Å². The number of benzene rings is 1. The lowest BCUT2D eigenvalue weighted by atomic mass is 10.2. The smallest absolute Gasteiger partial charge is 0.222 e. The number of hydrogen-bond acceptors (Lipinski definition) is 7. The van der Waals surface area contributed by atoms with E-state index in [0.717, 1.165) is 17.3 Å². The summed E-state index contributed by atoms with van der Waals surface area (Å²) in [6, 6.07) is 7.55. The van der Waals surface area contributed by atoms with Crippen LogP contribution in [0.2, 0.25) is 0 Å². The van der Waals surface area contributed by atoms with Gasteiger partial charge in [0.25, 0.3) is 0 Å². The first kappa shape index (κ1) is 17.2. The van der Waals surface area contributed by atoms with Crippen molar-refractivity contribution in [3.05, 3.63) is 30.6 Å². The second-order valence-electron chi connectivity index (χ2n) is 6.29. The number of hydrogen-bond donors (Lipinski definition) is 0. The van der Waals surface area contributed by atoms with Gasteiger partial charge in [0.2, 0.25) is 5.91 Å². The Balaban J connectivity index is 1.62. The summed E-state index contributed by atoms with van der Waals surface area (Å²) in [5.41, 5.74) is 2.15. The molecule has 27 heavy (non-hydrogen) atoms. The maximum atomic E-state index is 11.9. The zero-order valence-corrected chi connectivity index (χ0v) is 15.4. The quantitative estimate of drug-likeness (QED) is 0.686. The first-order chi connectivity index (χ1) is 13.2. The van der Waals surface area contributed by atoms with Crippen LogP contribution in [0, 0.1) is 0 Å². The summed E-state index contributed by atoms with van der Waals surface area (Å²) in [6.45, 7) is 4.69. The van der Waals surface area contributed by atoms with Crippen LogP contribution in [0.15, 0.2) is 30.6 Å². The van der Waals surface area contributed by atoms with E-state index in [2.05, 4.69) is 25.2 Å². The van der Waals surface area contributed by atoms with Gasteiger partial charge in [-0.1, -0.05) is 12.1 Å². The minimum absolute atomic E-state index is 0.188. The number of amides is 1. The minimum Gasteiger partial charge on any atom is -0.497 e. The van der Waals surface area contributed by atoms with Gasteiger partial charge in [-0.15, -0.1) is 5.10 Å². The number of anilines is 1. The van der Waals surface area contributed by atoms with E-state index < -0.39 is 0 Å². The maximum absolute atomic E-state index is 11.9. The number of methoxy groups -OCH3 is 1. The number of nitrogens with zero attached hydrogens (tertiary/aromatic N) is 7. The van der Waals surface area contributed by atoms with Gasteiger partial charge in [-0.25, -0.2) is 9.97 Å². The molecular weight excluding hydrogens is 346 g/mol. The number of aromatic nitrogens is 5. The van der Waals surface area contributed by atoms with Crippen molar-refractivity contribution in [2.45, 2.75) is 13.3 Å². The van der Waals surface area contributed by atoms with Crippen molar-refractivity contribution < 1.29 is 9.53 Å². The highest BCUT2D eigenvalue weighted by atomic mass is 16.5. The number of piperazine rings is 1. The first-order valence-electron chi connectivity index (χ1n) is 8.95. The molecule has 1 saturated heterocycles. The molecule has 0 atom stereocenters. The van der Waals surface area contributed by atoms with Crippen molar-refractivity contribution in [2.75, 3.05) is 38.2 Å². The van der Waals surface area contributed by atoms with E-state index in [1.807, 2.05) is 36.1 Å². The number of carbonyl (C=O) groups is 1. The molecule has 0 unspecified atom stereocenters. The van der Waals surface area contributed by atoms with E-state index in [1.54, 1.807) is 11.8 Å². The van der Waals surface area contributed by atoms with Gasteiger partial charge < -0.3 is 14.5 Å². The van der Waals surface area contributed by atoms with Crippen molar-refractivity contribution in [3.63, 3.8) is 0 Å². The lowest BCUT2D eigenvalue weighted by Gasteiger charge is -2.35. The van der Waals surface area contributed by atoms with Gasteiger partial charge >= 0.3 is 0 Å². The molecule has 3 heterocycles. The van der Waals surface area contributed by atoms with Crippen LogP contribution in [-0.2, 0) is 4.79 Å². The molecule has 140 valence electrons. The summed E-state index contributed by atoms with van der Waals surface area (Å²) >= 11 is 0. The Morgan fingerprint density at radius 3 is 2.52 bits per heavy atom. The van der Waals surface area contributed by atoms with Crippen molar-refractivity contribution in [2.24, 2.45) is 0 Å². The van der Waals surface area contributed by atoms with Crippen LogP contribution in [0.5, 0.6) is 5.75 Å². The first-order valence-corrected chi connectivity index (χ1v) is 8.95. The van der Waals surface area contributed by atoms with E-state index >= 15 is 0 Å². The number of ether oxygens (including phenoxy) is 1. The predicted molar refractivity (Wildman–Crippen MR) is 100 cm³/mol. The fraction of sp³-hybridized carbons (Fsp3) is 0.389. The highest BCUT2D eigenvalue weighted by molar-refractivity contribution is 5.84. The van der Waals surface area contributed by atoms with E-state index in [1.165, 1.54) is 6.33 Å². The monoisotopic (exact) mass is 367 g/mol. The third-order valence-corrected chi connectivity index (χ3v) is 4.77. The van der Waals surface area contributed by atoms with Gasteiger partial charge in [-0.05, 0) is 24.3 Å². The fourth-order valence-corrected chi connectivity index (χ4v) is 3.26. The Hall–Kier alpha value is -3.23. The molecular formula is C18H21N7O2. The summed E-state index contributed by atoms with van der Waals surface area (Å²) in [6.07, 6.45) is 2.07. The molecule has 0 saturated carbocycles. The third kappa shape index (κ3) is 3.16. The summed E-state index contributed by atoms with van der Waals surface area (Å²) in [4.78, 5) is 24.7. The zero-order chi connectivity index (χ0) is 18.8. The Labute approximate surface area is 156 Å². The topological polar surface area (TPSA) is 89.3 Å². The number of fused-ring (bicyclic) bond motifs is 1. The van der Waals surface area contributed by atoms with Gasteiger partial charge in [0.1, 0.15) is 12.1 Å². The molecule has 0 radical (unpaired) electrons. The van der Waals surface area contributed by atoms with Crippen LogP contribution in [0.25, 0.3) is 16.9 Å². The average molecular weight is 367 g/mol. The molecule has 9 nitrogen and oxygen atoms in total. The second kappa shape index (κ2) is 7.18. The zero-order valence-electron chi connectivity index (χ0n) is 15.4. The van der Waals surface area contributed by atoms with E-state index in [-0.39, 0.29) is 5.91 Å². The molecule has 1 aromatic carbocycles. The second-order valence-corrected chi connectivity index (χ2v) is 6.29. The molecule has 0 aliphatic carbocycles. The van der Waals surface area contributed by atoms with Crippen LogP contribution < -0.4 is 9.64 Å². The van der Waals surface area contributed by atoms with Gasteiger partial charge in [0, 0.05) is 32.6 Å².